The van der Waals surface area contributed by atoms with Gasteiger partial charge in [-0.25, -0.2) is 4.98 Å². The summed E-state index contributed by atoms with van der Waals surface area (Å²) in [5, 5.41) is 0.779. The molecule has 2 aromatic rings. The van der Waals surface area contributed by atoms with Gasteiger partial charge in [0.25, 0.3) is 5.56 Å². The second kappa shape index (κ2) is 3.46. The number of H-pyrrole nitrogens is 2. The maximum absolute atomic E-state index is 12.1. The molecule has 0 amide bonds. The average Bonchev–Trinajstić information content (AvgIpc) is 2.61. The van der Waals surface area contributed by atoms with E-state index in [1.165, 1.54) is 0 Å². The molecular weight excluding hydrogens is 244 g/mol. The van der Waals surface area contributed by atoms with E-state index >= 15 is 0 Å². The Kier molecular flexibility index (Phi) is 2.18. The van der Waals surface area contributed by atoms with Gasteiger partial charge in [-0.2, -0.15) is 0 Å². The van der Waals surface area contributed by atoms with Gasteiger partial charge in [0, 0.05) is 12.3 Å². The Morgan fingerprint density at radius 3 is 3.19 bits per heavy atom. The summed E-state index contributed by atoms with van der Waals surface area (Å²) >= 11 is 6.58. The van der Waals surface area contributed by atoms with E-state index in [0.717, 1.165) is 17.5 Å². The fourth-order valence-electron chi connectivity index (χ4n) is 1.84. The lowest BCUT2D eigenvalue weighted by Crippen LogP contribution is -2.30. The summed E-state index contributed by atoms with van der Waals surface area (Å²) < 4.78 is 2.17. The standard InChI is InChI=1S/C9H10N4OS2/c1-4-2-13-7(14)5-6(11-8(15)10-5)12-9(13)16-3-4/h4H,2-3H2,1H3,(H2,10,11,15)/t4-/m0/s1. The van der Waals surface area contributed by atoms with Crippen molar-refractivity contribution in [3.8, 4) is 0 Å². The van der Waals surface area contributed by atoms with Gasteiger partial charge in [0.2, 0.25) is 0 Å². The smallest absolute Gasteiger partial charge is 0.280 e. The first-order valence-electron chi connectivity index (χ1n) is 5.01. The predicted octanol–water partition coefficient (Wildman–Crippen LogP) is 1.52. The zero-order valence-corrected chi connectivity index (χ0v) is 10.2. The molecule has 0 saturated heterocycles. The van der Waals surface area contributed by atoms with Crippen molar-refractivity contribution >= 4 is 35.1 Å². The van der Waals surface area contributed by atoms with Gasteiger partial charge in [0.15, 0.2) is 21.1 Å². The van der Waals surface area contributed by atoms with Crippen LogP contribution in [0.5, 0.6) is 0 Å². The summed E-state index contributed by atoms with van der Waals surface area (Å²) in [5.74, 6) is 1.50. The van der Waals surface area contributed by atoms with Crippen LogP contribution in [0.4, 0.5) is 0 Å². The number of rotatable bonds is 0. The molecule has 2 N–H and O–H groups in total. The van der Waals surface area contributed by atoms with Crippen LogP contribution in [0.15, 0.2) is 9.95 Å². The molecule has 0 unspecified atom stereocenters. The van der Waals surface area contributed by atoms with E-state index in [9.17, 15) is 4.79 Å². The van der Waals surface area contributed by atoms with Crippen LogP contribution in [0.2, 0.25) is 0 Å². The van der Waals surface area contributed by atoms with Gasteiger partial charge in [-0.15, -0.1) is 0 Å². The van der Waals surface area contributed by atoms with Crippen molar-refractivity contribution in [1.82, 2.24) is 19.5 Å². The lowest BCUT2D eigenvalue weighted by atomic mass is 10.2. The van der Waals surface area contributed by atoms with Crippen LogP contribution >= 0.6 is 24.0 Å². The Morgan fingerprint density at radius 1 is 1.56 bits per heavy atom. The van der Waals surface area contributed by atoms with E-state index in [2.05, 4.69) is 21.9 Å². The third-order valence-electron chi connectivity index (χ3n) is 2.60. The molecule has 5 nitrogen and oxygen atoms in total. The second-order valence-corrected chi connectivity index (χ2v) is 5.42. The summed E-state index contributed by atoms with van der Waals surface area (Å²) in [5.41, 5.74) is 0.998. The highest BCUT2D eigenvalue weighted by Gasteiger charge is 2.20. The molecule has 0 aliphatic carbocycles. The molecule has 0 bridgehead atoms. The lowest BCUT2D eigenvalue weighted by Gasteiger charge is -2.21. The minimum atomic E-state index is -0.0357. The topological polar surface area (TPSA) is 66.5 Å². The molecule has 3 rings (SSSR count). The van der Waals surface area contributed by atoms with Crippen molar-refractivity contribution < 1.29 is 0 Å². The van der Waals surface area contributed by atoms with Gasteiger partial charge in [-0.3, -0.25) is 9.36 Å². The highest BCUT2D eigenvalue weighted by molar-refractivity contribution is 7.99. The SMILES string of the molecule is C[C@@H]1CSc2nc3[nH]c(=S)[nH]c3c(=O)n2C1. The number of imidazole rings is 1. The molecule has 1 atom stereocenters. The number of hydrogen-bond acceptors (Lipinski definition) is 4. The summed E-state index contributed by atoms with van der Waals surface area (Å²) in [7, 11) is 0. The van der Waals surface area contributed by atoms with E-state index < -0.39 is 0 Å². The van der Waals surface area contributed by atoms with Crippen molar-refractivity contribution in [1.29, 1.82) is 0 Å². The van der Waals surface area contributed by atoms with Gasteiger partial charge in [0.1, 0.15) is 0 Å². The zero-order valence-electron chi connectivity index (χ0n) is 8.61. The lowest BCUT2D eigenvalue weighted by molar-refractivity contribution is 0.464. The Morgan fingerprint density at radius 2 is 2.38 bits per heavy atom. The number of nitrogens with one attached hydrogen (secondary N) is 2. The van der Waals surface area contributed by atoms with Gasteiger partial charge >= 0.3 is 0 Å². The summed E-state index contributed by atoms with van der Waals surface area (Å²) in [6, 6.07) is 0. The number of aromatic amines is 2. The van der Waals surface area contributed by atoms with Crippen LogP contribution < -0.4 is 5.56 Å². The number of thioether (sulfide) groups is 1. The highest BCUT2D eigenvalue weighted by Crippen LogP contribution is 2.25. The molecule has 0 fully saturated rings. The number of aromatic nitrogens is 4. The predicted molar refractivity (Wildman–Crippen MR) is 65.4 cm³/mol. The Labute approximate surface area is 100 Å². The largest absolute Gasteiger partial charge is 0.325 e. The van der Waals surface area contributed by atoms with Crippen molar-refractivity contribution in [2.24, 2.45) is 5.92 Å². The zero-order chi connectivity index (χ0) is 11.3. The van der Waals surface area contributed by atoms with E-state index in [1.807, 2.05) is 0 Å². The maximum Gasteiger partial charge on any atom is 0.280 e. The van der Waals surface area contributed by atoms with Crippen LogP contribution in [0, 0.1) is 10.7 Å². The number of fused-ring (bicyclic) bond motifs is 2. The Balaban J connectivity index is 2.37. The van der Waals surface area contributed by atoms with Crippen LogP contribution in [0.3, 0.4) is 0 Å². The number of hydrogen-bond donors (Lipinski definition) is 2. The normalized spacial score (nSPS) is 19.9. The quantitative estimate of drug-likeness (QED) is 0.552. The summed E-state index contributed by atoms with van der Waals surface area (Å²) in [6.07, 6.45) is 0. The molecule has 3 heterocycles. The molecule has 1 aliphatic heterocycles. The van der Waals surface area contributed by atoms with Gasteiger partial charge in [0.05, 0.1) is 0 Å². The van der Waals surface area contributed by atoms with Crippen LogP contribution in [-0.2, 0) is 6.54 Å². The molecule has 0 spiro atoms. The third kappa shape index (κ3) is 1.42. The minimum absolute atomic E-state index is 0.0357. The molecule has 2 aromatic heterocycles. The Bertz CT molecular complexity index is 668. The van der Waals surface area contributed by atoms with Gasteiger partial charge in [-0.05, 0) is 18.1 Å². The molecular formula is C9H10N4OS2. The molecule has 84 valence electrons. The third-order valence-corrected chi connectivity index (χ3v) is 4.11. The van der Waals surface area contributed by atoms with Crippen molar-refractivity contribution in [3.63, 3.8) is 0 Å². The molecule has 0 aromatic carbocycles. The van der Waals surface area contributed by atoms with Crippen LogP contribution in [0.1, 0.15) is 6.92 Å². The first-order valence-corrected chi connectivity index (χ1v) is 6.40. The molecule has 1 aliphatic rings. The van der Waals surface area contributed by atoms with Crippen LogP contribution in [0.25, 0.3) is 11.2 Å². The van der Waals surface area contributed by atoms with Gasteiger partial charge < -0.3 is 9.97 Å². The van der Waals surface area contributed by atoms with Crippen molar-refractivity contribution in [3.05, 3.63) is 15.1 Å². The minimum Gasteiger partial charge on any atom is -0.325 e. The van der Waals surface area contributed by atoms with Gasteiger partial charge in [-0.1, -0.05) is 18.7 Å². The second-order valence-electron chi connectivity index (χ2n) is 4.03. The van der Waals surface area contributed by atoms with E-state index in [1.54, 1.807) is 16.3 Å². The van der Waals surface area contributed by atoms with Crippen molar-refractivity contribution in [2.45, 2.75) is 18.6 Å². The summed E-state index contributed by atoms with van der Waals surface area (Å²) in [4.78, 5) is 22.3. The number of nitrogens with zero attached hydrogens (tertiary/aromatic N) is 2. The maximum atomic E-state index is 12.1. The average molecular weight is 254 g/mol. The summed E-state index contributed by atoms with van der Waals surface area (Å²) in [6.45, 7) is 2.86. The van der Waals surface area contributed by atoms with E-state index in [4.69, 9.17) is 12.2 Å². The monoisotopic (exact) mass is 254 g/mol. The molecule has 16 heavy (non-hydrogen) atoms. The molecule has 0 saturated carbocycles. The fraction of sp³-hybridized carbons (Fsp3) is 0.444. The van der Waals surface area contributed by atoms with Crippen molar-refractivity contribution in [2.75, 3.05) is 5.75 Å². The van der Waals surface area contributed by atoms with Crippen LogP contribution in [-0.4, -0.2) is 25.3 Å². The first-order chi connectivity index (χ1) is 7.65. The first kappa shape index (κ1) is 10.1. The molecule has 0 radical (unpaired) electrons. The Hall–Kier alpha value is -1.08. The fourth-order valence-corrected chi connectivity index (χ4v) is 3.05. The van der Waals surface area contributed by atoms with E-state index in [0.29, 0.717) is 21.9 Å². The van der Waals surface area contributed by atoms with E-state index in [-0.39, 0.29) is 5.56 Å². The highest BCUT2D eigenvalue weighted by atomic mass is 32.2. The molecule has 7 heteroatoms.